The number of nitro groups is 2. The monoisotopic (exact) mass is 215 g/mol. The van der Waals surface area contributed by atoms with Gasteiger partial charge in [-0.05, 0) is 16.8 Å². The number of hydrogen-bond acceptors (Lipinski definition) is 7. The van der Waals surface area contributed by atoms with Crippen molar-refractivity contribution >= 4 is 17.7 Å². The van der Waals surface area contributed by atoms with Gasteiger partial charge in [0.1, 0.15) is 0 Å². The molecule has 15 heavy (non-hydrogen) atoms. The Morgan fingerprint density at radius 1 is 1.40 bits per heavy atom. The van der Waals surface area contributed by atoms with Crippen molar-refractivity contribution in [2.24, 2.45) is 0 Å². The van der Waals surface area contributed by atoms with Gasteiger partial charge < -0.3 is 20.2 Å². The molecule has 0 unspecified atom stereocenters. The number of carbonyl (C=O) groups excluding carboxylic acids is 1. The Morgan fingerprint density at radius 3 is 2.40 bits per heavy atom. The molecule has 0 aliphatic rings. The fraction of sp³-hybridized carbons (Fsp3) is 0.400. The summed E-state index contributed by atoms with van der Waals surface area (Å²) in [6, 6.07) is 0. The van der Waals surface area contributed by atoms with E-state index >= 15 is 0 Å². The van der Waals surface area contributed by atoms with Crippen molar-refractivity contribution in [2.75, 3.05) is 0 Å². The molecule has 0 spiro atoms. The van der Waals surface area contributed by atoms with Crippen LogP contribution >= 0.6 is 0 Å². The molecule has 80 valence electrons. The Hall–Kier alpha value is -2.39. The first-order valence-corrected chi connectivity index (χ1v) is 3.65. The standard InChI is InChI=1S/C5H5N5O5/c1-3(11)2-8-5(10(14)15)6-4(7-8)9(12)13/h2H2,1H3. The molecule has 0 fully saturated rings. The predicted molar refractivity (Wildman–Crippen MR) is 44.0 cm³/mol. The first-order chi connectivity index (χ1) is 6.91. The second-order valence-electron chi connectivity index (χ2n) is 2.59. The second-order valence-corrected chi connectivity index (χ2v) is 2.59. The van der Waals surface area contributed by atoms with E-state index in [0.717, 1.165) is 0 Å². The van der Waals surface area contributed by atoms with Gasteiger partial charge in [-0.25, -0.2) is 0 Å². The van der Waals surface area contributed by atoms with Crippen LogP contribution in [0.15, 0.2) is 0 Å². The first-order valence-electron chi connectivity index (χ1n) is 3.65. The van der Waals surface area contributed by atoms with Crippen LogP contribution in [0, 0.1) is 20.2 Å². The van der Waals surface area contributed by atoms with Gasteiger partial charge in [0.25, 0.3) is 0 Å². The third kappa shape index (κ3) is 2.30. The average molecular weight is 215 g/mol. The van der Waals surface area contributed by atoms with Crippen LogP contribution in [0.3, 0.4) is 0 Å². The van der Waals surface area contributed by atoms with Gasteiger partial charge in [-0.15, -0.1) is 0 Å². The summed E-state index contributed by atoms with van der Waals surface area (Å²) in [5, 5.41) is 23.8. The molecule has 10 nitrogen and oxygen atoms in total. The Kier molecular flexibility index (Phi) is 2.69. The van der Waals surface area contributed by atoms with Gasteiger partial charge in [0, 0.05) is 4.98 Å². The second kappa shape index (κ2) is 3.77. The zero-order valence-corrected chi connectivity index (χ0v) is 7.48. The van der Waals surface area contributed by atoms with Crippen LogP contribution < -0.4 is 0 Å². The highest BCUT2D eigenvalue weighted by atomic mass is 16.6. The molecular weight excluding hydrogens is 210 g/mol. The van der Waals surface area contributed by atoms with Crippen molar-refractivity contribution < 1.29 is 14.6 Å². The molecule has 0 atom stereocenters. The minimum absolute atomic E-state index is 0.419. The maximum atomic E-state index is 10.7. The molecule has 0 amide bonds. The molecule has 10 heteroatoms. The first kappa shape index (κ1) is 10.7. The lowest BCUT2D eigenvalue weighted by Crippen LogP contribution is -2.11. The van der Waals surface area contributed by atoms with Gasteiger partial charge in [0.15, 0.2) is 12.3 Å². The molecule has 0 aromatic carbocycles. The van der Waals surface area contributed by atoms with E-state index in [1.54, 1.807) is 0 Å². The largest absolute Gasteiger partial charge is 0.508 e. The number of aromatic nitrogens is 3. The van der Waals surface area contributed by atoms with Crippen LogP contribution in [0.2, 0.25) is 0 Å². The van der Waals surface area contributed by atoms with Crippen LogP contribution in [0.25, 0.3) is 0 Å². The lowest BCUT2D eigenvalue weighted by atomic mass is 10.4. The van der Waals surface area contributed by atoms with E-state index in [1.165, 1.54) is 6.92 Å². The van der Waals surface area contributed by atoms with Crippen LogP contribution in [-0.2, 0) is 11.3 Å². The summed E-state index contributed by atoms with van der Waals surface area (Å²) in [7, 11) is 0. The Bertz CT molecular complexity index is 437. The Labute approximate surface area is 81.8 Å². The van der Waals surface area contributed by atoms with Crippen molar-refractivity contribution in [3.63, 3.8) is 0 Å². The van der Waals surface area contributed by atoms with Gasteiger partial charge >= 0.3 is 11.9 Å². The molecule has 0 aliphatic heterocycles. The number of carbonyl (C=O) groups is 1. The van der Waals surface area contributed by atoms with E-state index in [-0.39, 0.29) is 0 Å². The van der Waals surface area contributed by atoms with Crippen LogP contribution in [0.5, 0.6) is 0 Å². The summed E-state index contributed by atoms with van der Waals surface area (Å²) >= 11 is 0. The lowest BCUT2D eigenvalue weighted by molar-refractivity contribution is -0.403. The van der Waals surface area contributed by atoms with Gasteiger partial charge in [0.2, 0.25) is 0 Å². The molecule has 1 rings (SSSR count). The third-order valence-corrected chi connectivity index (χ3v) is 1.34. The van der Waals surface area contributed by atoms with Gasteiger partial charge in [-0.2, -0.15) is 0 Å². The number of Topliss-reactive ketones (excluding diaryl/α,β-unsaturated/α-hetero) is 1. The van der Waals surface area contributed by atoms with Crippen LogP contribution in [-0.4, -0.2) is 30.4 Å². The molecule has 0 saturated heterocycles. The fourth-order valence-corrected chi connectivity index (χ4v) is 0.852. The molecular formula is C5H5N5O5. The van der Waals surface area contributed by atoms with Crippen LogP contribution in [0.4, 0.5) is 11.9 Å². The summed E-state index contributed by atoms with van der Waals surface area (Å²) in [5.41, 5.74) is 0. The number of hydrogen-bond donors (Lipinski definition) is 0. The fourth-order valence-electron chi connectivity index (χ4n) is 0.852. The van der Waals surface area contributed by atoms with E-state index in [0.29, 0.717) is 4.68 Å². The summed E-state index contributed by atoms with van der Waals surface area (Å²) in [6.07, 6.45) is 0. The SMILES string of the molecule is CC(=O)Cn1nc([N+](=O)[O-])nc1[N+](=O)[O-]. The molecule has 0 N–H and O–H groups in total. The van der Waals surface area contributed by atoms with E-state index in [4.69, 9.17) is 0 Å². The Morgan fingerprint density at radius 2 is 2.00 bits per heavy atom. The van der Waals surface area contributed by atoms with Crippen LogP contribution in [0.1, 0.15) is 6.92 Å². The molecule has 1 heterocycles. The predicted octanol–water partition coefficient (Wildman–Crippen LogP) is -0.317. The average Bonchev–Trinajstić information content (AvgIpc) is 2.46. The van der Waals surface area contributed by atoms with E-state index in [9.17, 15) is 25.0 Å². The number of ketones is 1. The summed E-state index contributed by atoms with van der Waals surface area (Å²) < 4.78 is 0.584. The van der Waals surface area contributed by atoms with Crippen molar-refractivity contribution in [3.05, 3.63) is 20.2 Å². The van der Waals surface area contributed by atoms with E-state index in [2.05, 4.69) is 10.1 Å². The maximum Gasteiger partial charge on any atom is 0.508 e. The molecule has 0 radical (unpaired) electrons. The normalized spacial score (nSPS) is 9.93. The molecule has 1 aromatic heterocycles. The van der Waals surface area contributed by atoms with Gasteiger partial charge in [0.05, 0.1) is 5.10 Å². The zero-order valence-electron chi connectivity index (χ0n) is 7.48. The Balaban J connectivity index is 3.17. The summed E-state index contributed by atoms with van der Waals surface area (Å²) in [6.45, 7) is 0.758. The number of rotatable bonds is 4. The molecule has 0 aliphatic carbocycles. The van der Waals surface area contributed by atoms with E-state index < -0.39 is 34.1 Å². The summed E-state index contributed by atoms with van der Waals surface area (Å²) in [4.78, 5) is 32.5. The molecule has 1 aromatic rings. The van der Waals surface area contributed by atoms with E-state index in [1.807, 2.05) is 0 Å². The van der Waals surface area contributed by atoms with Crippen molar-refractivity contribution in [3.8, 4) is 0 Å². The highest BCUT2D eigenvalue weighted by molar-refractivity contribution is 5.75. The van der Waals surface area contributed by atoms with Crippen molar-refractivity contribution in [1.29, 1.82) is 0 Å². The molecule has 0 saturated carbocycles. The van der Waals surface area contributed by atoms with Gasteiger partial charge in [-0.1, -0.05) is 4.68 Å². The minimum Gasteiger partial charge on any atom is -0.390 e. The minimum atomic E-state index is -0.969. The topological polar surface area (TPSA) is 134 Å². The highest BCUT2D eigenvalue weighted by Gasteiger charge is 2.28. The third-order valence-electron chi connectivity index (χ3n) is 1.34. The van der Waals surface area contributed by atoms with Gasteiger partial charge in [-0.3, -0.25) is 4.79 Å². The maximum absolute atomic E-state index is 10.7. The molecule has 0 bridgehead atoms. The smallest absolute Gasteiger partial charge is 0.390 e. The summed E-state index contributed by atoms with van der Waals surface area (Å²) in [5.74, 6) is -2.14. The lowest BCUT2D eigenvalue weighted by Gasteiger charge is -1.91. The van der Waals surface area contributed by atoms with Crippen molar-refractivity contribution in [2.45, 2.75) is 13.5 Å². The number of nitrogens with zero attached hydrogens (tertiary/aromatic N) is 5. The quantitative estimate of drug-likeness (QED) is 0.496. The van der Waals surface area contributed by atoms with Crippen molar-refractivity contribution in [1.82, 2.24) is 14.8 Å². The highest BCUT2D eigenvalue weighted by Crippen LogP contribution is 2.12. The zero-order chi connectivity index (χ0) is 11.6.